The lowest BCUT2D eigenvalue weighted by Crippen LogP contribution is -2.19. The summed E-state index contributed by atoms with van der Waals surface area (Å²) >= 11 is 1.87. The van der Waals surface area contributed by atoms with Crippen LogP contribution in [0.1, 0.15) is 54.3 Å². The van der Waals surface area contributed by atoms with E-state index in [4.69, 9.17) is 5.73 Å². The van der Waals surface area contributed by atoms with E-state index in [1.165, 1.54) is 48.3 Å². The zero-order chi connectivity index (χ0) is 10.7. The molecule has 1 unspecified atom stereocenters. The molecule has 84 valence electrons. The zero-order valence-corrected chi connectivity index (χ0v) is 10.4. The molecule has 2 rings (SSSR count). The van der Waals surface area contributed by atoms with Crippen molar-refractivity contribution in [3.05, 3.63) is 21.9 Å². The minimum atomic E-state index is 0.293. The lowest BCUT2D eigenvalue weighted by molar-refractivity contribution is 0.386. The monoisotopic (exact) mass is 223 g/mol. The Balaban J connectivity index is 2.02. The zero-order valence-electron chi connectivity index (χ0n) is 9.54. The lowest BCUT2D eigenvalue weighted by atomic mass is 9.91. The molecule has 0 radical (unpaired) electrons. The molecule has 1 aliphatic carbocycles. The molecule has 1 nitrogen and oxygen atoms in total. The van der Waals surface area contributed by atoms with Crippen molar-refractivity contribution in [2.75, 3.05) is 0 Å². The van der Waals surface area contributed by atoms with Crippen LogP contribution in [-0.2, 0) is 0 Å². The highest BCUT2D eigenvalue weighted by Crippen LogP contribution is 2.34. The van der Waals surface area contributed by atoms with E-state index in [9.17, 15) is 0 Å². The Morgan fingerprint density at radius 1 is 1.20 bits per heavy atom. The van der Waals surface area contributed by atoms with Gasteiger partial charge in [-0.3, -0.25) is 0 Å². The molecule has 2 N–H and O–H groups in total. The van der Waals surface area contributed by atoms with Crippen LogP contribution >= 0.6 is 11.3 Å². The molecule has 1 aromatic rings. The van der Waals surface area contributed by atoms with E-state index in [1.807, 2.05) is 11.3 Å². The molecule has 0 saturated heterocycles. The van der Waals surface area contributed by atoms with E-state index in [1.54, 1.807) is 0 Å². The summed E-state index contributed by atoms with van der Waals surface area (Å²) in [5.41, 5.74) is 6.36. The van der Waals surface area contributed by atoms with Crippen molar-refractivity contribution in [2.24, 2.45) is 11.7 Å². The smallest absolute Gasteiger partial charge is 0.0418 e. The summed E-state index contributed by atoms with van der Waals surface area (Å²) in [6.07, 6.45) is 8.24. The molecule has 2 heteroatoms. The Morgan fingerprint density at radius 3 is 2.40 bits per heavy atom. The maximum absolute atomic E-state index is 6.36. The van der Waals surface area contributed by atoms with Crippen LogP contribution in [0, 0.1) is 12.8 Å². The highest BCUT2D eigenvalue weighted by atomic mass is 32.1. The highest BCUT2D eigenvalue weighted by Gasteiger charge is 2.21. The molecule has 1 atom stereocenters. The second-order valence-corrected chi connectivity index (χ2v) is 6.05. The van der Waals surface area contributed by atoms with Crippen LogP contribution in [0.15, 0.2) is 12.1 Å². The number of hydrogen-bond donors (Lipinski definition) is 1. The molecule has 0 aromatic carbocycles. The van der Waals surface area contributed by atoms with Gasteiger partial charge in [-0.1, -0.05) is 25.7 Å². The van der Waals surface area contributed by atoms with E-state index in [2.05, 4.69) is 19.1 Å². The van der Waals surface area contributed by atoms with Crippen molar-refractivity contribution >= 4 is 11.3 Å². The maximum atomic E-state index is 6.36. The Morgan fingerprint density at radius 2 is 1.87 bits per heavy atom. The number of aryl methyl sites for hydroxylation is 1. The van der Waals surface area contributed by atoms with E-state index in [-0.39, 0.29) is 0 Å². The van der Waals surface area contributed by atoms with Crippen LogP contribution in [0.3, 0.4) is 0 Å². The summed E-state index contributed by atoms with van der Waals surface area (Å²) in [6.45, 7) is 2.16. The fourth-order valence-corrected chi connectivity index (χ4v) is 3.51. The molecular formula is C13H21NS. The third-order valence-electron chi connectivity index (χ3n) is 3.50. The summed E-state index contributed by atoms with van der Waals surface area (Å²) in [5, 5.41) is 0. The normalized spacial score (nSPS) is 21.2. The van der Waals surface area contributed by atoms with Crippen molar-refractivity contribution in [2.45, 2.75) is 51.5 Å². The first-order valence-corrected chi connectivity index (χ1v) is 6.91. The van der Waals surface area contributed by atoms with Gasteiger partial charge in [0.2, 0.25) is 0 Å². The lowest BCUT2D eigenvalue weighted by Gasteiger charge is -2.21. The molecule has 1 saturated carbocycles. The number of nitrogens with two attached hydrogens (primary N) is 1. The minimum Gasteiger partial charge on any atom is -0.323 e. The third kappa shape index (κ3) is 2.82. The van der Waals surface area contributed by atoms with Gasteiger partial charge in [0.1, 0.15) is 0 Å². The fraction of sp³-hybridized carbons (Fsp3) is 0.692. The van der Waals surface area contributed by atoms with Gasteiger partial charge in [0.05, 0.1) is 0 Å². The van der Waals surface area contributed by atoms with Gasteiger partial charge in [-0.2, -0.15) is 0 Å². The molecule has 0 amide bonds. The molecular weight excluding hydrogens is 202 g/mol. The Hall–Kier alpha value is -0.340. The van der Waals surface area contributed by atoms with Gasteiger partial charge < -0.3 is 5.73 Å². The van der Waals surface area contributed by atoms with E-state index in [0.29, 0.717) is 6.04 Å². The van der Waals surface area contributed by atoms with Crippen LogP contribution in [0.2, 0.25) is 0 Å². The van der Waals surface area contributed by atoms with Crippen molar-refractivity contribution < 1.29 is 0 Å². The number of rotatable bonds is 2. The van der Waals surface area contributed by atoms with Gasteiger partial charge in [0.15, 0.2) is 0 Å². The molecule has 0 aliphatic heterocycles. The Kier molecular flexibility index (Phi) is 3.81. The molecule has 1 fully saturated rings. The molecule has 0 bridgehead atoms. The molecule has 1 aliphatic rings. The average Bonchev–Trinajstić information content (AvgIpc) is 2.53. The van der Waals surface area contributed by atoms with Crippen LogP contribution < -0.4 is 5.73 Å². The van der Waals surface area contributed by atoms with E-state index < -0.39 is 0 Å². The van der Waals surface area contributed by atoms with Gasteiger partial charge in [-0.05, 0) is 37.8 Å². The molecule has 1 heterocycles. The second-order valence-electron chi connectivity index (χ2n) is 4.73. The maximum Gasteiger partial charge on any atom is 0.0418 e. The van der Waals surface area contributed by atoms with Gasteiger partial charge in [0.25, 0.3) is 0 Å². The van der Waals surface area contributed by atoms with Crippen LogP contribution in [-0.4, -0.2) is 0 Å². The first-order chi connectivity index (χ1) is 7.27. The largest absolute Gasteiger partial charge is 0.323 e. The van der Waals surface area contributed by atoms with E-state index in [0.717, 1.165) is 5.92 Å². The van der Waals surface area contributed by atoms with Crippen molar-refractivity contribution in [3.8, 4) is 0 Å². The van der Waals surface area contributed by atoms with Gasteiger partial charge >= 0.3 is 0 Å². The van der Waals surface area contributed by atoms with Crippen LogP contribution in [0.25, 0.3) is 0 Å². The summed E-state index contributed by atoms with van der Waals surface area (Å²) in [5.74, 6) is 0.727. The summed E-state index contributed by atoms with van der Waals surface area (Å²) in [6, 6.07) is 4.70. The van der Waals surface area contributed by atoms with E-state index >= 15 is 0 Å². The predicted octanol–water partition coefficient (Wildman–Crippen LogP) is 4.03. The minimum absolute atomic E-state index is 0.293. The number of thiophene rings is 1. The summed E-state index contributed by atoms with van der Waals surface area (Å²) < 4.78 is 0. The van der Waals surface area contributed by atoms with Crippen LogP contribution in [0.4, 0.5) is 0 Å². The van der Waals surface area contributed by atoms with Crippen molar-refractivity contribution in [1.82, 2.24) is 0 Å². The first kappa shape index (κ1) is 11.2. The first-order valence-electron chi connectivity index (χ1n) is 6.09. The quantitative estimate of drug-likeness (QED) is 0.753. The highest BCUT2D eigenvalue weighted by molar-refractivity contribution is 7.12. The standard InChI is InChI=1S/C13H21NS/c1-10-8-9-12(15-10)13(14)11-6-4-2-3-5-7-11/h8-9,11,13H,2-7,14H2,1H3. The molecule has 1 aromatic heterocycles. The second kappa shape index (κ2) is 5.13. The molecule has 0 spiro atoms. The average molecular weight is 223 g/mol. The SMILES string of the molecule is Cc1ccc(C(N)C2CCCCCC2)s1. The summed E-state index contributed by atoms with van der Waals surface area (Å²) in [4.78, 5) is 2.77. The van der Waals surface area contributed by atoms with Gasteiger partial charge in [-0.25, -0.2) is 0 Å². The Labute approximate surface area is 96.7 Å². The third-order valence-corrected chi connectivity index (χ3v) is 4.60. The molecule has 15 heavy (non-hydrogen) atoms. The van der Waals surface area contributed by atoms with Crippen LogP contribution in [0.5, 0.6) is 0 Å². The number of hydrogen-bond acceptors (Lipinski definition) is 2. The van der Waals surface area contributed by atoms with Crippen molar-refractivity contribution in [3.63, 3.8) is 0 Å². The predicted molar refractivity (Wildman–Crippen MR) is 67.2 cm³/mol. The summed E-state index contributed by atoms with van der Waals surface area (Å²) in [7, 11) is 0. The van der Waals surface area contributed by atoms with Gasteiger partial charge in [0, 0.05) is 15.8 Å². The van der Waals surface area contributed by atoms with Crippen molar-refractivity contribution in [1.29, 1.82) is 0 Å². The topological polar surface area (TPSA) is 26.0 Å². The van der Waals surface area contributed by atoms with Gasteiger partial charge in [-0.15, -0.1) is 11.3 Å². The fourth-order valence-electron chi connectivity index (χ4n) is 2.53. The Bertz CT molecular complexity index is 297.